The Balaban J connectivity index is 2.53. The van der Waals surface area contributed by atoms with E-state index in [4.69, 9.17) is 5.11 Å². The monoisotopic (exact) mass is 255 g/mol. The average molecular weight is 255 g/mol. The van der Waals surface area contributed by atoms with Crippen LogP contribution < -0.4 is 0 Å². The Kier molecular flexibility index (Phi) is 2.89. The van der Waals surface area contributed by atoms with Crippen molar-refractivity contribution < 1.29 is 18.7 Å². The molecule has 0 amide bonds. The number of hydrogen-bond donors (Lipinski definition) is 1. The van der Waals surface area contributed by atoms with Gasteiger partial charge in [0, 0.05) is 16.5 Å². The fourth-order valence-electron chi connectivity index (χ4n) is 1.40. The van der Waals surface area contributed by atoms with E-state index in [2.05, 4.69) is 4.98 Å². The first-order valence-electron chi connectivity index (χ1n) is 4.64. The maximum atomic E-state index is 13.0. The van der Waals surface area contributed by atoms with Crippen LogP contribution in [-0.2, 0) is 0 Å². The van der Waals surface area contributed by atoms with Crippen LogP contribution in [-0.4, -0.2) is 16.1 Å². The van der Waals surface area contributed by atoms with Gasteiger partial charge >= 0.3 is 5.97 Å². The predicted octanol–water partition coefficient (Wildman–Crippen LogP) is 3.09. The maximum absolute atomic E-state index is 13.0. The standard InChI is InChI=1S/C11H7F2NO2S/c1-5-9(11(15)16)14-10(17-5)6-2-7(12)4-8(13)3-6/h2-4H,1H3,(H,15,16). The van der Waals surface area contributed by atoms with E-state index in [1.165, 1.54) is 0 Å². The van der Waals surface area contributed by atoms with Crippen LogP contribution in [0.1, 0.15) is 15.4 Å². The topological polar surface area (TPSA) is 50.2 Å². The van der Waals surface area contributed by atoms with Gasteiger partial charge in [-0.1, -0.05) is 0 Å². The summed E-state index contributed by atoms with van der Waals surface area (Å²) in [6, 6.07) is 2.99. The van der Waals surface area contributed by atoms with Gasteiger partial charge < -0.3 is 5.11 Å². The quantitative estimate of drug-likeness (QED) is 0.897. The number of hydrogen-bond acceptors (Lipinski definition) is 3. The molecule has 0 saturated carbocycles. The van der Waals surface area contributed by atoms with Gasteiger partial charge in [-0.15, -0.1) is 11.3 Å². The Morgan fingerprint density at radius 2 is 1.88 bits per heavy atom. The summed E-state index contributed by atoms with van der Waals surface area (Å²) in [5, 5.41) is 9.12. The lowest BCUT2D eigenvalue weighted by Crippen LogP contribution is -1.98. The molecule has 1 aromatic heterocycles. The average Bonchev–Trinajstić information content (AvgIpc) is 2.59. The third-order valence-corrected chi connectivity index (χ3v) is 3.13. The molecule has 0 atom stereocenters. The molecule has 0 bridgehead atoms. The Labute approximate surface area is 99.4 Å². The number of carbonyl (C=O) groups is 1. The Morgan fingerprint density at radius 1 is 1.29 bits per heavy atom. The summed E-state index contributed by atoms with van der Waals surface area (Å²) >= 11 is 1.09. The molecule has 0 aliphatic heterocycles. The first-order chi connectivity index (χ1) is 7.97. The largest absolute Gasteiger partial charge is 0.476 e. The lowest BCUT2D eigenvalue weighted by atomic mass is 10.2. The molecule has 1 heterocycles. The van der Waals surface area contributed by atoms with Crippen molar-refractivity contribution in [3.8, 4) is 10.6 Å². The first-order valence-corrected chi connectivity index (χ1v) is 5.46. The Bertz CT molecular complexity index is 575. The predicted molar refractivity (Wildman–Crippen MR) is 59.2 cm³/mol. The highest BCUT2D eigenvalue weighted by Crippen LogP contribution is 2.28. The van der Waals surface area contributed by atoms with Crippen LogP contribution in [0.4, 0.5) is 8.78 Å². The van der Waals surface area contributed by atoms with Gasteiger partial charge in [0.1, 0.15) is 16.6 Å². The van der Waals surface area contributed by atoms with Crippen molar-refractivity contribution in [1.29, 1.82) is 0 Å². The highest BCUT2D eigenvalue weighted by Gasteiger charge is 2.15. The molecule has 1 aromatic carbocycles. The lowest BCUT2D eigenvalue weighted by molar-refractivity contribution is 0.0690. The fraction of sp³-hybridized carbons (Fsp3) is 0.0909. The number of benzene rings is 1. The number of aromatic nitrogens is 1. The van der Waals surface area contributed by atoms with Crippen LogP contribution >= 0.6 is 11.3 Å². The summed E-state index contributed by atoms with van der Waals surface area (Å²) in [5.41, 5.74) is 0.151. The summed E-state index contributed by atoms with van der Waals surface area (Å²) in [5.74, 6) is -2.59. The van der Waals surface area contributed by atoms with Crippen LogP contribution in [0, 0.1) is 18.6 Å². The molecule has 2 rings (SSSR count). The molecule has 0 aliphatic carbocycles. The van der Waals surface area contributed by atoms with Gasteiger partial charge in [0.15, 0.2) is 5.69 Å². The smallest absolute Gasteiger partial charge is 0.355 e. The van der Waals surface area contributed by atoms with Gasteiger partial charge in [-0.2, -0.15) is 0 Å². The number of halogens is 2. The summed E-state index contributed by atoms with van der Waals surface area (Å²) in [6.07, 6.45) is 0. The minimum absolute atomic E-state index is 0.0883. The van der Waals surface area contributed by atoms with Crippen LogP contribution in [0.5, 0.6) is 0 Å². The van der Waals surface area contributed by atoms with Crippen LogP contribution in [0.25, 0.3) is 10.6 Å². The van der Waals surface area contributed by atoms with E-state index in [0.29, 0.717) is 9.88 Å². The maximum Gasteiger partial charge on any atom is 0.355 e. The third kappa shape index (κ3) is 2.31. The number of aryl methyl sites for hydroxylation is 1. The van der Waals surface area contributed by atoms with Gasteiger partial charge in [-0.3, -0.25) is 0 Å². The zero-order valence-electron chi connectivity index (χ0n) is 8.70. The summed E-state index contributed by atoms with van der Waals surface area (Å²) in [6.45, 7) is 1.60. The molecule has 88 valence electrons. The van der Waals surface area contributed by atoms with Crippen molar-refractivity contribution in [3.63, 3.8) is 0 Å². The van der Waals surface area contributed by atoms with Gasteiger partial charge in [0.25, 0.3) is 0 Å². The zero-order valence-corrected chi connectivity index (χ0v) is 9.52. The van der Waals surface area contributed by atoms with E-state index in [0.717, 1.165) is 29.5 Å². The SMILES string of the molecule is Cc1sc(-c2cc(F)cc(F)c2)nc1C(=O)O. The summed E-state index contributed by atoms with van der Waals surface area (Å²) in [4.78, 5) is 15.1. The molecular weight excluding hydrogens is 248 g/mol. The number of thiazole rings is 1. The molecule has 0 fully saturated rings. The van der Waals surface area contributed by atoms with Crippen molar-refractivity contribution in [2.75, 3.05) is 0 Å². The van der Waals surface area contributed by atoms with E-state index >= 15 is 0 Å². The highest BCUT2D eigenvalue weighted by atomic mass is 32.1. The molecule has 0 unspecified atom stereocenters. The number of carboxylic acids is 1. The molecule has 6 heteroatoms. The minimum Gasteiger partial charge on any atom is -0.476 e. The first kappa shape index (κ1) is 11.7. The Hall–Kier alpha value is -1.82. The van der Waals surface area contributed by atoms with Crippen LogP contribution in [0.3, 0.4) is 0 Å². The van der Waals surface area contributed by atoms with Crippen LogP contribution in [0.15, 0.2) is 18.2 Å². The second kappa shape index (κ2) is 4.21. The summed E-state index contributed by atoms with van der Waals surface area (Å²) < 4.78 is 26.0. The van der Waals surface area contributed by atoms with Gasteiger partial charge in [-0.25, -0.2) is 18.6 Å². The van der Waals surface area contributed by atoms with Crippen molar-refractivity contribution in [2.45, 2.75) is 6.92 Å². The van der Waals surface area contributed by atoms with E-state index < -0.39 is 17.6 Å². The third-order valence-electron chi connectivity index (χ3n) is 2.11. The lowest BCUT2D eigenvalue weighted by Gasteiger charge is -1.96. The van der Waals surface area contributed by atoms with Crippen molar-refractivity contribution in [1.82, 2.24) is 4.98 Å². The van der Waals surface area contributed by atoms with E-state index in [-0.39, 0.29) is 11.3 Å². The van der Waals surface area contributed by atoms with E-state index in [1.54, 1.807) is 6.92 Å². The molecule has 17 heavy (non-hydrogen) atoms. The van der Waals surface area contributed by atoms with Gasteiger partial charge in [0.05, 0.1) is 0 Å². The number of rotatable bonds is 2. The van der Waals surface area contributed by atoms with Gasteiger partial charge in [-0.05, 0) is 19.1 Å². The van der Waals surface area contributed by atoms with Crippen molar-refractivity contribution in [3.05, 3.63) is 40.4 Å². The highest BCUT2D eigenvalue weighted by molar-refractivity contribution is 7.15. The second-order valence-corrected chi connectivity index (χ2v) is 4.59. The normalized spacial score (nSPS) is 10.5. The van der Waals surface area contributed by atoms with Crippen LogP contribution in [0.2, 0.25) is 0 Å². The molecule has 1 N–H and O–H groups in total. The number of nitrogens with zero attached hydrogens (tertiary/aromatic N) is 1. The van der Waals surface area contributed by atoms with E-state index in [9.17, 15) is 13.6 Å². The molecule has 0 saturated heterocycles. The second-order valence-electron chi connectivity index (χ2n) is 3.39. The number of aromatic carboxylic acids is 1. The molecule has 0 aliphatic rings. The molecule has 3 nitrogen and oxygen atoms in total. The van der Waals surface area contributed by atoms with E-state index in [1.807, 2.05) is 0 Å². The van der Waals surface area contributed by atoms with Crippen molar-refractivity contribution in [2.24, 2.45) is 0 Å². The zero-order chi connectivity index (χ0) is 12.6. The van der Waals surface area contributed by atoms with Crippen molar-refractivity contribution >= 4 is 17.3 Å². The molecule has 0 spiro atoms. The minimum atomic E-state index is -1.15. The Morgan fingerprint density at radius 3 is 2.35 bits per heavy atom. The summed E-state index contributed by atoms with van der Waals surface area (Å²) in [7, 11) is 0. The van der Waals surface area contributed by atoms with Gasteiger partial charge in [0.2, 0.25) is 0 Å². The number of carboxylic acid groups (broad SMARTS) is 1. The molecule has 2 aromatic rings. The fourth-order valence-corrected chi connectivity index (χ4v) is 2.29. The molecular formula is C11H7F2NO2S. The molecule has 0 radical (unpaired) electrons.